The summed E-state index contributed by atoms with van der Waals surface area (Å²) in [6, 6.07) is 13.0. The highest BCUT2D eigenvalue weighted by Crippen LogP contribution is 2.31. The number of anilines is 1. The van der Waals surface area contributed by atoms with E-state index in [1.165, 1.54) is 0 Å². The SMILES string of the molecule is COc1ccc(-c2noc(CCC(=O)Nc3cccc(I)c3)n2)cc1OC. The Hall–Kier alpha value is -2.62. The highest BCUT2D eigenvalue weighted by atomic mass is 127. The molecule has 8 heteroatoms. The Morgan fingerprint density at radius 2 is 1.96 bits per heavy atom. The van der Waals surface area contributed by atoms with Crippen LogP contribution in [0.2, 0.25) is 0 Å². The molecular formula is C19H18IN3O4. The molecule has 0 aliphatic heterocycles. The van der Waals surface area contributed by atoms with Crippen LogP contribution in [-0.4, -0.2) is 30.3 Å². The average molecular weight is 479 g/mol. The third kappa shape index (κ3) is 4.97. The number of nitrogens with zero attached hydrogens (tertiary/aromatic N) is 2. The van der Waals surface area contributed by atoms with Crippen LogP contribution >= 0.6 is 22.6 Å². The monoisotopic (exact) mass is 479 g/mol. The number of carbonyl (C=O) groups excluding carboxylic acids is 1. The lowest BCUT2D eigenvalue weighted by molar-refractivity contribution is -0.116. The second kappa shape index (κ2) is 8.85. The Bertz CT molecular complexity index is 942. The van der Waals surface area contributed by atoms with Crippen LogP contribution in [0, 0.1) is 3.57 Å². The van der Waals surface area contributed by atoms with Crippen LogP contribution in [0.4, 0.5) is 5.69 Å². The maximum atomic E-state index is 12.1. The largest absolute Gasteiger partial charge is 0.493 e. The van der Waals surface area contributed by atoms with Gasteiger partial charge in [-0.3, -0.25) is 4.79 Å². The molecule has 140 valence electrons. The predicted octanol–water partition coefficient (Wildman–Crippen LogP) is 3.93. The summed E-state index contributed by atoms with van der Waals surface area (Å²) >= 11 is 2.20. The van der Waals surface area contributed by atoms with Crippen molar-refractivity contribution >= 4 is 34.2 Å². The van der Waals surface area contributed by atoms with E-state index in [0.29, 0.717) is 29.6 Å². The molecule has 0 atom stereocenters. The molecule has 0 aliphatic carbocycles. The predicted molar refractivity (Wildman–Crippen MR) is 109 cm³/mol. The van der Waals surface area contributed by atoms with Gasteiger partial charge in [-0.05, 0) is 59.0 Å². The topological polar surface area (TPSA) is 86.5 Å². The third-order valence-corrected chi connectivity index (χ3v) is 4.46. The van der Waals surface area contributed by atoms with Crippen LogP contribution in [0.3, 0.4) is 0 Å². The lowest BCUT2D eigenvalue weighted by Gasteiger charge is -2.07. The number of hydrogen-bond acceptors (Lipinski definition) is 6. The van der Waals surface area contributed by atoms with E-state index in [2.05, 4.69) is 38.0 Å². The number of hydrogen-bond donors (Lipinski definition) is 1. The van der Waals surface area contributed by atoms with Gasteiger partial charge >= 0.3 is 0 Å². The van der Waals surface area contributed by atoms with Gasteiger partial charge in [0.2, 0.25) is 17.6 Å². The number of rotatable bonds is 7. The zero-order valence-electron chi connectivity index (χ0n) is 14.9. The summed E-state index contributed by atoms with van der Waals surface area (Å²) in [6.07, 6.45) is 0.606. The summed E-state index contributed by atoms with van der Waals surface area (Å²) in [5, 5.41) is 6.83. The molecular weight excluding hydrogens is 461 g/mol. The van der Waals surface area contributed by atoms with Crippen LogP contribution < -0.4 is 14.8 Å². The van der Waals surface area contributed by atoms with Crippen LogP contribution in [0.1, 0.15) is 12.3 Å². The summed E-state index contributed by atoms with van der Waals surface area (Å²) in [6.45, 7) is 0. The zero-order chi connectivity index (χ0) is 19.2. The maximum absolute atomic E-state index is 12.1. The van der Waals surface area contributed by atoms with Gasteiger partial charge in [-0.15, -0.1) is 0 Å². The number of amides is 1. The molecule has 3 aromatic rings. The third-order valence-electron chi connectivity index (χ3n) is 3.78. The fourth-order valence-corrected chi connectivity index (χ4v) is 3.00. The molecule has 2 aromatic carbocycles. The molecule has 1 aromatic heterocycles. The van der Waals surface area contributed by atoms with Gasteiger partial charge in [0.1, 0.15) is 0 Å². The number of methoxy groups -OCH3 is 2. The Labute approximate surface area is 170 Å². The summed E-state index contributed by atoms with van der Waals surface area (Å²) in [5.74, 6) is 1.93. The quantitative estimate of drug-likeness (QED) is 0.517. The first-order valence-corrected chi connectivity index (χ1v) is 9.27. The van der Waals surface area contributed by atoms with E-state index in [-0.39, 0.29) is 12.3 Å². The molecule has 0 bridgehead atoms. The lowest BCUT2D eigenvalue weighted by atomic mass is 10.2. The molecule has 0 fully saturated rings. The Balaban J connectivity index is 1.62. The maximum Gasteiger partial charge on any atom is 0.227 e. The van der Waals surface area contributed by atoms with Crippen molar-refractivity contribution in [2.75, 3.05) is 19.5 Å². The van der Waals surface area contributed by atoms with Crippen LogP contribution in [-0.2, 0) is 11.2 Å². The molecule has 27 heavy (non-hydrogen) atoms. The van der Waals surface area contributed by atoms with Crippen LogP contribution in [0.25, 0.3) is 11.4 Å². The Morgan fingerprint density at radius 1 is 1.15 bits per heavy atom. The summed E-state index contributed by atoms with van der Waals surface area (Å²) in [4.78, 5) is 16.4. The first-order chi connectivity index (χ1) is 13.1. The second-order valence-corrected chi connectivity index (χ2v) is 6.89. The molecule has 7 nitrogen and oxygen atoms in total. The van der Waals surface area contributed by atoms with Crippen molar-refractivity contribution in [3.8, 4) is 22.9 Å². The molecule has 0 spiro atoms. The van der Waals surface area contributed by atoms with E-state index in [4.69, 9.17) is 14.0 Å². The number of nitrogens with one attached hydrogen (secondary N) is 1. The van der Waals surface area contributed by atoms with E-state index in [0.717, 1.165) is 14.8 Å². The van der Waals surface area contributed by atoms with Crippen molar-refractivity contribution in [2.24, 2.45) is 0 Å². The lowest BCUT2D eigenvalue weighted by Crippen LogP contribution is -2.12. The Morgan fingerprint density at radius 3 is 2.70 bits per heavy atom. The minimum atomic E-state index is -0.108. The molecule has 1 N–H and O–H groups in total. The van der Waals surface area contributed by atoms with Crippen LogP contribution in [0.5, 0.6) is 11.5 Å². The Kier molecular flexibility index (Phi) is 6.28. The normalized spacial score (nSPS) is 10.5. The first kappa shape index (κ1) is 19.2. The first-order valence-electron chi connectivity index (χ1n) is 8.19. The van der Waals surface area contributed by atoms with Crippen molar-refractivity contribution in [3.05, 3.63) is 51.9 Å². The number of benzene rings is 2. The molecule has 1 heterocycles. The van der Waals surface area contributed by atoms with Gasteiger partial charge < -0.3 is 19.3 Å². The molecule has 0 radical (unpaired) electrons. The number of carbonyl (C=O) groups is 1. The summed E-state index contributed by atoms with van der Waals surface area (Å²) in [7, 11) is 3.14. The molecule has 3 rings (SSSR count). The van der Waals surface area contributed by atoms with E-state index in [9.17, 15) is 4.79 Å². The van der Waals surface area contributed by atoms with Gasteiger partial charge in [-0.1, -0.05) is 11.2 Å². The zero-order valence-corrected chi connectivity index (χ0v) is 17.0. The summed E-state index contributed by atoms with van der Waals surface area (Å²) in [5.41, 5.74) is 1.51. The van der Waals surface area contributed by atoms with Gasteiger partial charge in [-0.25, -0.2) is 0 Å². The highest BCUT2D eigenvalue weighted by molar-refractivity contribution is 14.1. The van der Waals surface area contributed by atoms with E-state index in [1.54, 1.807) is 26.4 Å². The van der Waals surface area contributed by atoms with Crippen molar-refractivity contribution in [3.63, 3.8) is 0 Å². The highest BCUT2D eigenvalue weighted by Gasteiger charge is 2.13. The van der Waals surface area contributed by atoms with E-state index < -0.39 is 0 Å². The van der Waals surface area contributed by atoms with Gasteiger partial charge in [-0.2, -0.15) is 4.98 Å². The van der Waals surface area contributed by atoms with Crippen molar-refractivity contribution < 1.29 is 18.8 Å². The average Bonchev–Trinajstić information content (AvgIpc) is 3.15. The second-order valence-electron chi connectivity index (χ2n) is 5.64. The van der Waals surface area contributed by atoms with Gasteiger partial charge in [0.15, 0.2) is 11.5 Å². The van der Waals surface area contributed by atoms with E-state index in [1.807, 2.05) is 30.3 Å². The van der Waals surface area contributed by atoms with Crippen LogP contribution in [0.15, 0.2) is 47.0 Å². The molecule has 0 aliphatic rings. The van der Waals surface area contributed by atoms with E-state index >= 15 is 0 Å². The number of aryl methyl sites for hydroxylation is 1. The minimum Gasteiger partial charge on any atom is -0.493 e. The standard InChI is InChI=1S/C19H18IN3O4/c1-25-15-7-6-12(10-16(15)26-2)19-22-18(27-23-19)9-8-17(24)21-14-5-3-4-13(20)11-14/h3-7,10-11H,8-9H2,1-2H3,(H,21,24). The number of aromatic nitrogens is 2. The smallest absolute Gasteiger partial charge is 0.227 e. The molecule has 0 saturated heterocycles. The van der Waals surface area contributed by atoms with Gasteiger partial charge in [0.05, 0.1) is 14.2 Å². The van der Waals surface area contributed by atoms with Gasteiger partial charge in [0.25, 0.3) is 0 Å². The fraction of sp³-hybridized carbons (Fsp3) is 0.211. The summed E-state index contributed by atoms with van der Waals surface area (Å²) < 4.78 is 16.8. The fourth-order valence-electron chi connectivity index (χ4n) is 2.46. The molecule has 1 amide bonds. The van der Waals surface area contributed by atoms with Gasteiger partial charge in [0, 0.05) is 27.7 Å². The van der Waals surface area contributed by atoms with Crippen molar-refractivity contribution in [1.82, 2.24) is 10.1 Å². The molecule has 0 unspecified atom stereocenters. The minimum absolute atomic E-state index is 0.108. The molecule has 0 saturated carbocycles. The number of ether oxygens (including phenoxy) is 2. The van der Waals surface area contributed by atoms with Crippen molar-refractivity contribution in [2.45, 2.75) is 12.8 Å². The number of halogens is 1. The van der Waals surface area contributed by atoms with Crippen molar-refractivity contribution in [1.29, 1.82) is 0 Å².